The summed E-state index contributed by atoms with van der Waals surface area (Å²) in [4.78, 5) is 27.7. The van der Waals surface area contributed by atoms with Crippen molar-refractivity contribution in [1.29, 1.82) is 0 Å². The molecule has 1 heterocycles. The van der Waals surface area contributed by atoms with Crippen molar-refractivity contribution < 1.29 is 14.7 Å². The van der Waals surface area contributed by atoms with Crippen molar-refractivity contribution in [3.63, 3.8) is 0 Å². The highest BCUT2D eigenvalue weighted by Gasteiger charge is 2.43. The number of carbonyl (C=O) groups excluding carboxylic acids is 1. The number of rotatable bonds is 4. The largest absolute Gasteiger partial charge is 0.480 e. The summed E-state index contributed by atoms with van der Waals surface area (Å²) in [6.45, 7) is 2.12. The van der Waals surface area contributed by atoms with Gasteiger partial charge in [-0.25, -0.2) is 9.78 Å². The Balaban J connectivity index is 2.13. The summed E-state index contributed by atoms with van der Waals surface area (Å²) in [5.74, 6) is -0.749. The van der Waals surface area contributed by atoms with Gasteiger partial charge in [0.05, 0.1) is 12.5 Å². The fourth-order valence-corrected chi connectivity index (χ4v) is 2.83. The molecule has 110 valence electrons. The molecule has 0 radical (unpaired) electrons. The normalized spacial score (nSPS) is 26.2. The van der Waals surface area contributed by atoms with Gasteiger partial charge >= 0.3 is 5.97 Å². The van der Waals surface area contributed by atoms with E-state index >= 15 is 0 Å². The van der Waals surface area contributed by atoms with Gasteiger partial charge < -0.3 is 15.0 Å². The third-order valence-electron chi connectivity index (χ3n) is 4.35. The minimum absolute atomic E-state index is 0.373. The van der Waals surface area contributed by atoms with Crippen molar-refractivity contribution in [3.05, 3.63) is 18.2 Å². The first-order valence-electron chi connectivity index (χ1n) is 7.00. The number of nitrogens with zero attached hydrogens (tertiary/aromatic N) is 2. The lowest BCUT2D eigenvalue weighted by Crippen LogP contribution is -2.56. The molecule has 6 nitrogen and oxygen atoms in total. The topological polar surface area (TPSA) is 84.2 Å². The van der Waals surface area contributed by atoms with Gasteiger partial charge in [0.25, 0.3) is 5.91 Å². The molecule has 1 fully saturated rings. The molecule has 0 unspecified atom stereocenters. The van der Waals surface area contributed by atoms with E-state index in [4.69, 9.17) is 0 Å². The first-order valence-corrected chi connectivity index (χ1v) is 7.00. The second-order valence-electron chi connectivity index (χ2n) is 5.58. The number of imidazole rings is 1. The van der Waals surface area contributed by atoms with E-state index in [1.807, 2.05) is 0 Å². The predicted octanol–water partition coefficient (Wildman–Crippen LogP) is 1.57. The molecule has 0 bridgehead atoms. The highest BCUT2D eigenvalue weighted by Crippen LogP contribution is 2.34. The fourth-order valence-electron chi connectivity index (χ4n) is 2.83. The first kappa shape index (κ1) is 14.6. The zero-order valence-corrected chi connectivity index (χ0v) is 11.9. The van der Waals surface area contributed by atoms with Crippen LogP contribution in [-0.4, -0.2) is 32.1 Å². The lowest BCUT2D eigenvalue weighted by atomic mass is 9.75. The summed E-state index contributed by atoms with van der Waals surface area (Å²) >= 11 is 0. The van der Waals surface area contributed by atoms with Crippen LogP contribution < -0.4 is 5.32 Å². The summed E-state index contributed by atoms with van der Waals surface area (Å²) in [6.07, 6.45) is 6.70. The zero-order valence-electron chi connectivity index (χ0n) is 11.9. The second-order valence-corrected chi connectivity index (χ2v) is 5.58. The highest BCUT2D eigenvalue weighted by atomic mass is 16.4. The fraction of sp³-hybridized carbons (Fsp3) is 0.643. The molecule has 0 aromatic carbocycles. The second kappa shape index (κ2) is 5.64. The summed E-state index contributed by atoms with van der Waals surface area (Å²) in [5.41, 5.74) is -0.754. The van der Waals surface area contributed by atoms with Gasteiger partial charge in [0.2, 0.25) is 0 Å². The average Bonchev–Trinajstić information content (AvgIpc) is 2.85. The molecule has 2 N–H and O–H groups in total. The van der Waals surface area contributed by atoms with Crippen molar-refractivity contribution in [2.75, 3.05) is 0 Å². The monoisotopic (exact) mass is 279 g/mol. The Kier molecular flexibility index (Phi) is 4.11. The van der Waals surface area contributed by atoms with Gasteiger partial charge in [0.1, 0.15) is 11.2 Å². The molecule has 6 heteroatoms. The Bertz CT molecular complexity index is 502. The predicted molar refractivity (Wildman–Crippen MR) is 73.3 cm³/mol. The molecule has 0 atom stereocenters. The van der Waals surface area contributed by atoms with Gasteiger partial charge in [-0.15, -0.1) is 0 Å². The quantitative estimate of drug-likeness (QED) is 0.876. The molecule has 1 aromatic rings. The molecule has 0 spiro atoms. The van der Waals surface area contributed by atoms with Crippen LogP contribution in [0.3, 0.4) is 0 Å². The van der Waals surface area contributed by atoms with E-state index in [0.29, 0.717) is 24.5 Å². The molecular formula is C14H21N3O3. The Morgan fingerprint density at radius 2 is 2.15 bits per heavy atom. The van der Waals surface area contributed by atoms with Gasteiger partial charge in [0, 0.05) is 7.05 Å². The van der Waals surface area contributed by atoms with Gasteiger partial charge in [-0.05, 0) is 31.6 Å². The standard InChI is InChI=1S/C14H21N3O3/c1-3-10-4-6-14(7-5-10,13(19)20)16-12(18)11-8-15-9-17(11)2/h8-10H,3-7H2,1-2H3,(H,16,18)(H,19,20). The Morgan fingerprint density at radius 1 is 1.50 bits per heavy atom. The number of hydrogen-bond donors (Lipinski definition) is 2. The van der Waals surface area contributed by atoms with Gasteiger partial charge in [-0.1, -0.05) is 13.3 Å². The van der Waals surface area contributed by atoms with E-state index in [1.165, 1.54) is 12.5 Å². The van der Waals surface area contributed by atoms with Crippen LogP contribution in [0.25, 0.3) is 0 Å². The van der Waals surface area contributed by atoms with Crippen LogP contribution in [0, 0.1) is 5.92 Å². The van der Waals surface area contributed by atoms with Crippen molar-refractivity contribution in [3.8, 4) is 0 Å². The van der Waals surface area contributed by atoms with E-state index < -0.39 is 11.5 Å². The third kappa shape index (κ3) is 2.69. The van der Waals surface area contributed by atoms with Gasteiger partial charge in [-0.3, -0.25) is 4.79 Å². The summed E-state index contributed by atoms with van der Waals surface area (Å²) in [5, 5.41) is 12.2. The zero-order chi connectivity index (χ0) is 14.8. The number of aryl methyl sites for hydroxylation is 1. The SMILES string of the molecule is CCC1CCC(NC(=O)c2cncn2C)(C(=O)O)CC1. The Labute approximate surface area is 118 Å². The maximum atomic E-state index is 12.2. The van der Waals surface area contributed by atoms with Gasteiger partial charge in [0.15, 0.2) is 0 Å². The van der Waals surface area contributed by atoms with Crippen LogP contribution in [-0.2, 0) is 11.8 Å². The summed E-state index contributed by atoms with van der Waals surface area (Å²) < 4.78 is 1.59. The molecule has 1 saturated carbocycles. The molecule has 1 aromatic heterocycles. The molecule has 1 amide bonds. The van der Waals surface area contributed by atoms with Crippen LogP contribution in [0.15, 0.2) is 12.5 Å². The smallest absolute Gasteiger partial charge is 0.329 e. The van der Waals surface area contributed by atoms with Crippen LogP contribution >= 0.6 is 0 Å². The molecule has 2 rings (SSSR count). The van der Waals surface area contributed by atoms with Gasteiger partial charge in [-0.2, -0.15) is 0 Å². The van der Waals surface area contributed by atoms with Crippen molar-refractivity contribution in [2.24, 2.45) is 13.0 Å². The minimum atomic E-state index is -1.13. The number of aliphatic carboxylic acids is 1. The number of aromatic nitrogens is 2. The number of hydrogen-bond acceptors (Lipinski definition) is 3. The minimum Gasteiger partial charge on any atom is -0.480 e. The molecule has 1 aliphatic carbocycles. The van der Waals surface area contributed by atoms with E-state index in [0.717, 1.165) is 19.3 Å². The van der Waals surface area contributed by atoms with Crippen molar-refractivity contribution >= 4 is 11.9 Å². The highest BCUT2D eigenvalue weighted by molar-refractivity contribution is 5.96. The number of amides is 1. The maximum Gasteiger partial charge on any atom is 0.329 e. The van der Waals surface area contributed by atoms with Crippen LogP contribution in [0.1, 0.15) is 49.5 Å². The number of carboxylic acid groups (broad SMARTS) is 1. The average molecular weight is 279 g/mol. The Hall–Kier alpha value is -1.85. The van der Waals surface area contributed by atoms with E-state index in [2.05, 4.69) is 17.2 Å². The third-order valence-corrected chi connectivity index (χ3v) is 4.35. The van der Waals surface area contributed by atoms with E-state index in [9.17, 15) is 14.7 Å². The van der Waals surface area contributed by atoms with Crippen LogP contribution in [0.2, 0.25) is 0 Å². The van der Waals surface area contributed by atoms with Crippen molar-refractivity contribution in [2.45, 2.75) is 44.6 Å². The number of carbonyl (C=O) groups is 2. The molecular weight excluding hydrogens is 258 g/mol. The summed E-state index contributed by atoms with van der Waals surface area (Å²) in [6, 6.07) is 0. The van der Waals surface area contributed by atoms with E-state index in [1.54, 1.807) is 11.6 Å². The molecule has 1 aliphatic rings. The van der Waals surface area contributed by atoms with E-state index in [-0.39, 0.29) is 5.91 Å². The number of nitrogens with one attached hydrogen (secondary N) is 1. The Morgan fingerprint density at radius 3 is 2.60 bits per heavy atom. The molecule has 20 heavy (non-hydrogen) atoms. The maximum absolute atomic E-state index is 12.2. The molecule has 0 saturated heterocycles. The summed E-state index contributed by atoms with van der Waals surface area (Å²) in [7, 11) is 1.71. The molecule has 0 aliphatic heterocycles. The first-order chi connectivity index (χ1) is 9.48. The van der Waals surface area contributed by atoms with Crippen LogP contribution in [0.4, 0.5) is 0 Å². The lowest BCUT2D eigenvalue weighted by molar-refractivity contribution is -0.146. The van der Waals surface area contributed by atoms with Crippen molar-refractivity contribution in [1.82, 2.24) is 14.9 Å². The lowest BCUT2D eigenvalue weighted by Gasteiger charge is -2.37. The van der Waals surface area contributed by atoms with Crippen LogP contribution in [0.5, 0.6) is 0 Å². The number of carboxylic acids is 1.